The molecular weight excluding hydrogens is 291 g/mol. The first kappa shape index (κ1) is 13.6. The van der Waals surface area contributed by atoms with Crippen molar-refractivity contribution < 1.29 is 9.18 Å². The van der Waals surface area contributed by atoms with Gasteiger partial charge in [-0.1, -0.05) is 11.6 Å². The zero-order chi connectivity index (χ0) is 15.0. The Hall–Kier alpha value is -2.33. The number of hydrogen-bond donors (Lipinski definition) is 2. The third-order valence-electron chi connectivity index (χ3n) is 3.19. The summed E-state index contributed by atoms with van der Waals surface area (Å²) in [5.74, 6) is -1.13. The van der Waals surface area contributed by atoms with Crippen LogP contribution in [0, 0.1) is 12.7 Å². The largest absolute Gasteiger partial charge is 0.359 e. The summed E-state index contributed by atoms with van der Waals surface area (Å²) in [5, 5.41) is 3.98. The Kier molecular flexibility index (Phi) is 3.39. The van der Waals surface area contributed by atoms with Crippen molar-refractivity contribution in [1.82, 2.24) is 4.98 Å². The number of H-pyrrole nitrogens is 1. The highest BCUT2D eigenvalue weighted by atomic mass is 35.5. The van der Waals surface area contributed by atoms with Gasteiger partial charge in [-0.15, -0.1) is 0 Å². The Morgan fingerprint density at radius 2 is 2.00 bits per heavy atom. The number of nitrogens with one attached hydrogen (secondary N) is 2. The smallest absolute Gasteiger partial charge is 0.258 e. The molecule has 3 aromatic rings. The van der Waals surface area contributed by atoms with Crippen LogP contribution in [0.3, 0.4) is 0 Å². The highest BCUT2D eigenvalue weighted by Gasteiger charge is 2.12. The Morgan fingerprint density at radius 3 is 2.81 bits per heavy atom. The summed E-state index contributed by atoms with van der Waals surface area (Å²) >= 11 is 5.79. The van der Waals surface area contributed by atoms with Crippen LogP contribution in [0.25, 0.3) is 10.9 Å². The zero-order valence-electron chi connectivity index (χ0n) is 11.2. The van der Waals surface area contributed by atoms with E-state index in [1.165, 1.54) is 18.2 Å². The summed E-state index contributed by atoms with van der Waals surface area (Å²) in [6.07, 6.45) is 0. The van der Waals surface area contributed by atoms with Crippen LogP contribution in [0.4, 0.5) is 10.1 Å². The van der Waals surface area contributed by atoms with Crippen LogP contribution in [-0.4, -0.2) is 10.9 Å². The van der Waals surface area contributed by atoms with Gasteiger partial charge >= 0.3 is 0 Å². The van der Waals surface area contributed by atoms with Gasteiger partial charge in [-0.25, -0.2) is 4.39 Å². The summed E-state index contributed by atoms with van der Waals surface area (Å²) in [6, 6.07) is 11.3. The normalized spacial score (nSPS) is 10.8. The molecule has 106 valence electrons. The van der Waals surface area contributed by atoms with E-state index in [9.17, 15) is 9.18 Å². The number of anilines is 1. The summed E-state index contributed by atoms with van der Waals surface area (Å²) in [7, 11) is 0. The lowest BCUT2D eigenvalue weighted by Crippen LogP contribution is -2.13. The standard InChI is InChI=1S/C16H12ClFN2O/c1-9-6-10-7-12(3-5-15(10)19-9)20-16(21)13-8-11(17)2-4-14(13)18/h2-8,19H,1H3,(H,20,21). The van der Waals surface area contributed by atoms with Crippen LogP contribution in [0.5, 0.6) is 0 Å². The number of aryl methyl sites for hydroxylation is 1. The van der Waals surface area contributed by atoms with Gasteiger partial charge in [-0.2, -0.15) is 0 Å². The third kappa shape index (κ3) is 2.76. The molecule has 0 fully saturated rings. The molecule has 0 spiro atoms. The fourth-order valence-electron chi connectivity index (χ4n) is 2.23. The molecule has 3 rings (SSSR count). The first-order chi connectivity index (χ1) is 10.0. The van der Waals surface area contributed by atoms with Crippen molar-refractivity contribution in [3.63, 3.8) is 0 Å². The summed E-state index contributed by atoms with van der Waals surface area (Å²) < 4.78 is 13.7. The van der Waals surface area contributed by atoms with E-state index in [4.69, 9.17) is 11.6 Å². The molecule has 2 aromatic carbocycles. The number of carbonyl (C=O) groups is 1. The number of halogens is 2. The fraction of sp³-hybridized carbons (Fsp3) is 0.0625. The number of aromatic amines is 1. The van der Waals surface area contributed by atoms with Crippen LogP contribution in [0.15, 0.2) is 42.5 Å². The molecule has 0 unspecified atom stereocenters. The molecule has 0 aliphatic carbocycles. The van der Waals surface area contributed by atoms with E-state index in [1.54, 1.807) is 6.07 Å². The van der Waals surface area contributed by atoms with E-state index in [2.05, 4.69) is 10.3 Å². The lowest BCUT2D eigenvalue weighted by atomic mass is 10.2. The topological polar surface area (TPSA) is 44.9 Å². The number of fused-ring (bicyclic) bond motifs is 1. The number of rotatable bonds is 2. The second-order valence-corrected chi connectivity index (χ2v) is 5.27. The molecular formula is C16H12ClFN2O. The second-order valence-electron chi connectivity index (χ2n) is 4.83. The first-order valence-corrected chi connectivity index (χ1v) is 6.76. The van der Waals surface area contributed by atoms with E-state index in [0.717, 1.165) is 16.6 Å². The minimum Gasteiger partial charge on any atom is -0.359 e. The van der Waals surface area contributed by atoms with Crippen molar-refractivity contribution in [3.8, 4) is 0 Å². The Bertz CT molecular complexity index is 841. The SMILES string of the molecule is Cc1cc2cc(NC(=O)c3cc(Cl)ccc3F)ccc2[nH]1. The summed E-state index contributed by atoms with van der Waals surface area (Å²) in [4.78, 5) is 15.3. The van der Waals surface area contributed by atoms with E-state index in [-0.39, 0.29) is 5.56 Å². The molecule has 3 nitrogen and oxygen atoms in total. The average Bonchev–Trinajstić information content (AvgIpc) is 2.80. The maximum atomic E-state index is 13.7. The molecule has 5 heteroatoms. The Balaban J connectivity index is 1.90. The molecule has 0 radical (unpaired) electrons. The molecule has 1 aromatic heterocycles. The first-order valence-electron chi connectivity index (χ1n) is 6.39. The van der Waals surface area contributed by atoms with Gasteiger partial charge in [0.2, 0.25) is 0 Å². The van der Waals surface area contributed by atoms with E-state index in [1.807, 2.05) is 25.1 Å². The van der Waals surface area contributed by atoms with E-state index >= 15 is 0 Å². The summed E-state index contributed by atoms with van der Waals surface area (Å²) in [6.45, 7) is 1.96. The highest BCUT2D eigenvalue weighted by molar-refractivity contribution is 6.31. The Labute approximate surface area is 125 Å². The maximum absolute atomic E-state index is 13.7. The van der Waals surface area contributed by atoms with Gasteiger partial charge in [0.1, 0.15) is 5.82 Å². The number of benzene rings is 2. The summed E-state index contributed by atoms with van der Waals surface area (Å²) in [5.41, 5.74) is 2.55. The lowest BCUT2D eigenvalue weighted by molar-refractivity contribution is 0.102. The van der Waals surface area contributed by atoms with Crippen LogP contribution < -0.4 is 5.32 Å². The minimum atomic E-state index is -0.601. The molecule has 1 amide bonds. The second kappa shape index (κ2) is 5.22. The van der Waals surface area contributed by atoms with Gasteiger partial charge in [-0.3, -0.25) is 4.79 Å². The molecule has 0 saturated carbocycles. The average molecular weight is 303 g/mol. The predicted molar refractivity (Wildman–Crippen MR) is 82.4 cm³/mol. The molecule has 0 saturated heterocycles. The third-order valence-corrected chi connectivity index (χ3v) is 3.42. The number of carbonyl (C=O) groups excluding carboxylic acids is 1. The molecule has 0 bridgehead atoms. The Morgan fingerprint density at radius 1 is 1.19 bits per heavy atom. The van der Waals surface area contributed by atoms with Gasteiger partial charge in [0.05, 0.1) is 5.56 Å². The van der Waals surface area contributed by atoms with Crippen molar-refractivity contribution in [2.75, 3.05) is 5.32 Å². The minimum absolute atomic E-state index is 0.0761. The number of hydrogen-bond acceptors (Lipinski definition) is 1. The van der Waals surface area contributed by atoms with Gasteiger partial charge in [0.15, 0.2) is 0 Å². The van der Waals surface area contributed by atoms with Crippen molar-refractivity contribution in [2.45, 2.75) is 6.92 Å². The van der Waals surface area contributed by atoms with Crippen LogP contribution in [-0.2, 0) is 0 Å². The molecule has 21 heavy (non-hydrogen) atoms. The number of amides is 1. The lowest BCUT2D eigenvalue weighted by Gasteiger charge is -2.06. The fourth-order valence-corrected chi connectivity index (χ4v) is 2.40. The van der Waals surface area contributed by atoms with Crippen LogP contribution in [0.2, 0.25) is 5.02 Å². The van der Waals surface area contributed by atoms with Crippen molar-refractivity contribution >= 4 is 34.1 Å². The quantitative estimate of drug-likeness (QED) is 0.718. The van der Waals surface area contributed by atoms with E-state index < -0.39 is 11.7 Å². The van der Waals surface area contributed by atoms with Crippen molar-refractivity contribution in [1.29, 1.82) is 0 Å². The molecule has 0 atom stereocenters. The molecule has 1 heterocycles. The maximum Gasteiger partial charge on any atom is 0.258 e. The molecule has 2 N–H and O–H groups in total. The van der Waals surface area contributed by atoms with Crippen LogP contribution in [0.1, 0.15) is 16.1 Å². The molecule has 0 aliphatic heterocycles. The van der Waals surface area contributed by atoms with Crippen LogP contribution >= 0.6 is 11.6 Å². The van der Waals surface area contributed by atoms with Gasteiger partial charge in [-0.05, 0) is 49.4 Å². The zero-order valence-corrected chi connectivity index (χ0v) is 12.0. The monoisotopic (exact) mass is 302 g/mol. The van der Waals surface area contributed by atoms with E-state index in [0.29, 0.717) is 10.7 Å². The highest BCUT2D eigenvalue weighted by Crippen LogP contribution is 2.21. The van der Waals surface area contributed by atoms with Gasteiger partial charge in [0, 0.05) is 27.3 Å². The predicted octanol–water partition coefficient (Wildman–Crippen LogP) is 4.52. The van der Waals surface area contributed by atoms with Gasteiger partial charge in [0.25, 0.3) is 5.91 Å². The number of aromatic nitrogens is 1. The van der Waals surface area contributed by atoms with Crippen molar-refractivity contribution in [2.24, 2.45) is 0 Å². The van der Waals surface area contributed by atoms with Crippen molar-refractivity contribution in [3.05, 3.63) is 64.6 Å². The molecule has 0 aliphatic rings. The van der Waals surface area contributed by atoms with Gasteiger partial charge < -0.3 is 10.3 Å².